The van der Waals surface area contributed by atoms with Gasteiger partial charge in [0.15, 0.2) is 0 Å². The number of hydrogen-bond donors (Lipinski definition) is 1. The number of anilines is 1. The number of nitrogens with zero attached hydrogens (tertiary/aromatic N) is 2. The van der Waals surface area contributed by atoms with Crippen molar-refractivity contribution in [3.8, 4) is 0 Å². The zero-order valence-corrected chi connectivity index (χ0v) is 23.8. The molecule has 0 aliphatic rings. The van der Waals surface area contributed by atoms with Crippen molar-refractivity contribution in [3.63, 3.8) is 0 Å². The fourth-order valence-corrected chi connectivity index (χ4v) is 5.48. The third-order valence-corrected chi connectivity index (χ3v) is 8.39. The maximum absolute atomic E-state index is 15.0. The van der Waals surface area contributed by atoms with Crippen molar-refractivity contribution in [1.82, 2.24) is 10.2 Å². The highest BCUT2D eigenvalue weighted by Crippen LogP contribution is 2.27. The van der Waals surface area contributed by atoms with Gasteiger partial charge in [-0.1, -0.05) is 66.6 Å². The number of carbonyl (C=O) groups excluding carboxylic acids is 2. The van der Waals surface area contributed by atoms with Gasteiger partial charge in [-0.25, -0.2) is 12.8 Å². The van der Waals surface area contributed by atoms with Gasteiger partial charge in [-0.15, -0.1) is 0 Å². The molecule has 2 atom stereocenters. The van der Waals surface area contributed by atoms with Crippen LogP contribution in [0.2, 0.25) is 0 Å². The van der Waals surface area contributed by atoms with Gasteiger partial charge >= 0.3 is 0 Å². The van der Waals surface area contributed by atoms with E-state index in [2.05, 4.69) is 5.32 Å². The van der Waals surface area contributed by atoms with Crippen molar-refractivity contribution >= 4 is 27.5 Å². The molecule has 3 aromatic rings. The summed E-state index contributed by atoms with van der Waals surface area (Å²) >= 11 is 0. The van der Waals surface area contributed by atoms with Crippen LogP contribution in [-0.2, 0) is 26.2 Å². The highest BCUT2D eigenvalue weighted by atomic mass is 32.2. The van der Waals surface area contributed by atoms with Crippen LogP contribution >= 0.6 is 0 Å². The molecule has 0 heterocycles. The second-order valence-corrected chi connectivity index (χ2v) is 11.6. The van der Waals surface area contributed by atoms with Gasteiger partial charge in [0, 0.05) is 12.6 Å². The van der Waals surface area contributed by atoms with Crippen LogP contribution in [-0.4, -0.2) is 43.8 Å². The summed E-state index contributed by atoms with van der Waals surface area (Å²) in [6, 6.07) is 18.0. The van der Waals surface area contributed by atoms with Crippen LogP contribution in [0.1, 0.15) is 43.9 Å². The minimum atomic E-state index is -4.33. The summed E-state index contributed by atoms with van der Waals surface area (Å²) in [6.45, 7) is 8.54. The highest BCUT2D eigenvalue weighted by Gasteiger charge is 2.33. The Balaban J connectivity index is 2.04. The largest absolute Gasteiger partial charge is 0.352 e. The van der Waals surface area contributed by atoms with Gasteiger partial charge in [0.05, 0.1) is 10.6 Å². The Labute approximate surface area is 230 Å². The molecule has 39 heavy (non-hydrogen) atoms. The van der Waals surface area contributed by atoms with E-state index in [1.165, 1.54) is 35.2 Å². The molecule has 0 saturated carbocycles. The number of halogens is 1. The topological polar surface area (TPSA) is 86.8 Å². The summed E-state index contributed by atoms with van der Waals surface area (Å²) < 4.78 is 43.3. The molecule has 0 bridgehead atoms. The first-order chi connectivity index (χ1) is 18.4. The third kappa shape index (κ3) is 7.44. The standard InChI is InChI=1S/C30H36FN3O4S/c1-6-23(4)32-30(36)24(5)33(19-25-11-9-10-22(3)18-25)29(35)20-34(28-13-8-7-12-27(28)31)39(37,38)26-16-14-21(2)15-17-26/h7-18,23-24H,6,19-20H2,1-5H3,(H,32,36)/t23-,24-/m0/s1. The molecule has 0 saturated heterocycles. The second kappa shape index (κ2) is 12.9. The van der Waals surface area contributed by atoms with Gasteiger partial charge in [0.25, 0.3) is 10.0 Å². The number of carbonyl (C=O) groups is 2. The summed E-state index contributed by atoms with van der Waals surface area (Å²) in [5.41, 5.74) is 2.36. The van der Waals surface area contributed by atoms with Gasteiger partial charge in [-0.2, -0.15) is 0 Å². The predicted octanol–water partition coefficient (Wildman–Crippen LogP) is 4.97. The van der Waals surface area contributed by atoms with E-state index in [1.807, 2.05) is 52.0 Å². The van der Waals surface area contributed by atoms with E-state index in [0.29, 0.717) is 6.42 Å². The predicted molar refractivity (Wildman–Crippen MR) is 151 cm³/mol. The van der Waals surface area contributed by atoms with E-state index in [-0.39, 0.29) is 29.1 Å². The van der Waals surface area contributed by atoms with Gasteiger partial charge < -0.3 is 10.2 Å². The van der Waals surface area contributed by atoms with Crippen molar-refractivity contribution in [1.29, 1.82) is 0 Å². The molecule has 0 fully saturated rings. The van der Waals surface area contributed by atoms with E-state index in [0.717, 1.165) is 27.1 Å². The molecule has 3 aromatic carbocycles. The van der Waals surface area contributed by atoms with E-state index in [1.54, 1.807) is 19.1 Å². The molecule has 2 amide bonds. The van der Waals surface area contributed by atoms with Crippen molar-refractivity contribution in [2.75, 3.05) is 10.8 Å². The van der Waals surface area contributed by atoms with Crippen LogP contribution in [0.25, 0.3) is 0 Å². The Morgan fingerprint density at radius 2 is 1.59 bits per heavy atom. The zero-order valence-electron chi connectivity index (χ0n) is 23.0. The van der Waals surface area contributed by atoms with Crippen molar-refractivity contribution in [2.45, 2.75) is 64.6 Å². The summed E-state index contributed by atoms with van der Waals surface area (Å²) in [5, 5.41) is 2.89. The number of benzene rings is 3. The number of nitrogens with one attached hydrogen (secondary N) is 1. The van der Waals surface area contributed by atoms with Crippen molar-refractivity contribution in [3.05, 3.63) is 95.3 Å². The van der Waals surface area contributed by atoms with Gasteiger partial charge in [0.2, 0.25) is 11.8 Å². The van der Waals surface area contributed by atoms with Crippen LogP contribution in [0.15, 0.2) is 77.7 Å². The average Bonchev–Trinajstić information content (AvgIpc) is 2.90. The lowest BCUT2D eigenvalue weighted by atomic mass is 10.1. The van der Waals surface area contributed by atoms with Crippen LogP contribution in [0, 0.1) is 19.7 Å². The van der Waals surface area contributed by atoms with Gasteiger partial charge in [0.1, 0.15) is 18.4 Å². The number of aryl methyl sites for hydroxylation is 2. The molecule has 0 spiro atoms. The van der Waals surface area contributed by atoms with E-state index in [4.69, 9.17) is 0 Å². The van der Waals surface area contributed by atoms with E-state index in [9.17, 15) is 22.4 Å². The van der Waals surface area contributed by atoms with Gasteiger partial charge in [-0.3, -0.25) is 13.9 Å². The Morgan fingerprint density at radius 1 is 0.923 bits per heavy atom. The minimum Gasteiger partial charge on any atom is -0.352 e. The fourth-order valence-electron chi connectivity index (χ4n) is 4.06. The maximum atomic E-state index is 15.0. The van der Waals surface area contributed by atoms with Crippen LogP contribution in [0.5, 0.6) is 0 Å². The Kier molecular flexibility index (Phi) is 9.86. The Morgan fingerprint density at radius 3 is 2.21 bits per heavy atom. The highest BCUT2D eigenvalue weighted by molar-refractivity contribution is 7.92. The summed E-state index contributed by atoms with van der Waals surface area (Å²) in [7, 11) is -4.33. The molecular formula is C30H36FN3O4S. The molecular weight excluding hydrogens is 517 g/mol. The zero-order chi connectivity index (χ0) is 28.7. The van der Waals surface area contributed by atoms with Gasteiger partial charge in [-0.05, 0) is 63.9 Å². The molecule has 208 valence electrons. The quantitative estimate of drug-likeness (QED) is 0.363. The first-order valence-electron chi connectivity index (χ1n) is 12.9. The SMILES string of the molecule is CC[C@H](C)NC(=O)[C@H](C)N(Cc1cccc(C)c1)C(=O)CN(c1ccccc1F)S(=O)(=O)c1ccc(C)cc1. The lowest BCUT2D eigenvalue weighted by molar-refractivity contribution is -0.139. The monoisotopic (exact) mass is 553 g/mol. The molecule has 0 aromatic heterocycles. The lowest BCUT2D eigenvalue weighted by Gasteiger charge is -2.32. The number of rotatable bonds is 11. The maximum Gasteiger partial charge on any atom is 0.264 e. The van der Waals surface area contributed by atoms with Crippen molar-refractivity contribution < 1.29 is 22.4 Å². The van der Waals surface area contributed by atoms with E-state index < -0.39 is 34.3 Å². The molecule has 0 radical (unpaired) electrons. The number of amides is 2. The Bertz CT molecular complexity index is 1410. The smallest absolute Gasteiger partial charge is 0.264 e. The normalized spacial score (nSPS) is 12.9. The van der Waals surface area contributed by atoms with Crippen LogP contribution in [0.3, 0.4) is 0 Å². The molecule has 0 unspecified atom stereocenters. The molecule has 3 rings (SSSR count). The molecule has 9 heteroatoms. The van der Waals surface area contributed by atoms with Crippen molar-refractivity contribution in [2.24, 2.45) is 0 Å². The average molecular weight is 554 g/mol. The third-order valence-electron chi connectivity index (χ3n) is 6.61. The molecule has 1 N–H and O–H groups in total. The number of para-hydroxylation sites is 1. The summed E-state index contributed by atoms with van der Waals surface area (Å²) in [6.07, 6.45) is 0.708. The molecule has 0 aliphatic carbocycles. The summed E-state index contributed by atoms with van der Waals surface area (Å²) in [4.78, 5) is 28.2. The molecule has 7 nitrogen and oxygen atoms in total. The first-order valence-corrected chi connectivity index (χ1v) is 14.4. The number of sulfonamides is 1. The fraction of sp³-hybridized carbons (Fsp3) is 0.333. The molecule has 0 aliphatic heterocycles. The number of hydrogen-bond acceptors (Lipinski definition) is 4. The first kappa shape index (κ1) is 29.8. The lowest BCUT2D eigenvalue weighted by Crippen LogP contribution is -2.52. The minimum absolute atomic E-state index is 0.0723. The van der Waals surface area contributed by atoms with E-state index >= 15 is 0 Å². The van der Waals surface area contributed by atoms with Crippen LogP contribution < -0.4 is 9.62 Å². The van der Waals surface area contributed by atoms with Crippen LogP contribution in [0.4, 0.5) is 10.1 Å². The second-order valence-electron chi connectivity index (χ2n) is 9.78. The Hall–Kier alpha value is -3.72. The summed E-state index contributed by atoms with van der Waals surface area (Å²) in [5.74, 6) is -1.78.